The largest absolute Gasteiger partial charge is 0.396 e. The fourth-order valence-corrected chi connectivity index (χ4v) is 3.31. The smallest absolute Gasteiger partial charge is 0.0538 e. The highest BCUT2D eigenvalue weighted by atomic mass is 16.3. The number of aliphatic hydroxyl groups excluding tert-OH is 1. The van der Waals surface area contributed by atoms with Gasteiger partial charge in [-0.05, 0) is 38.1 Å². The number of aryl methyl sites for hydroxylation is 1. The Bertz CT molecular complexity index is 404. The zero-order valence-electron chi connectivity index (χ0n) is 12.7. The second-order valence-electron chi connectivity index (χ2n) is 5.98. The number of hydrogen-bond donors (Lipinski definition) is 2. The lowest BCUT2D eigenvalue weighted by atomic mass is 9.90. The monoisotopic (exact) mass is 280 g/mol. The van der Waals surface area contributed by atoms with E-state index in [-0.39, 0.29) is 18.7 Å². The van der Waals surface area contributed by atoms with Crippen LogP contribution in [-0.2, 0) is 7.05 Å². The number of aliphatic hydroxyl groups is 1. The maximum Gasteiger partial charge on any atom is 0.0538 e. The minimum absolute atomic E-state index is 0.132. The Morgan fingerprint density at radius 1 is 1.55 bits per heavy atom. The summed E-state index contributed by atoms with van der Waals surface area (Å²) in [6.07, 6.45) is 8.29. The van der Waals surface area contributed by atoms with Gasteiger partial charge in [0.15, 0.2) is 0 Å². The summed E-state index contributed by atoms with van der Waals surface area (Å²) >= 11 is 0. The van der Waals surface area contributed by atoms with E-state index in [9.17, 15) is 0 Å². The molecule has 0 spiro atoms. The molecule has 3 atom stereocenters. The van der Waals surface area contributed by atoms with Crippen molar-refractivity contribution < 1.29 is 5.11 Å². The van der Waals surface area contributed by atoms with Gasteiger partial charge in [-0.3, -0.25) is 9.58 Å². The summed E-state index contributed by atoms with van der Waals surface area (Å²) in [6.45, 7) is 4.56. The van der Waals surface area contributed by atoms with E-state index in [1.54, 1.807) is 0 Å². The van der Waals surface area contributed by atoms with Crippen LogP contribution in [0.15, 0.2) is 12.4 Å². The number of rotatable bonds is 6. The standard InChI is InChI=1S/C15H28N4O/c1-3-14(16)15(13-9-17-18(2)11-13)19-7-4-5-12(10-19)6-8-20/h9,11-12,14-15,20H,3-8,10,16H2,1-2H3. The van der Waals surface area contributed by atoms with Crippen LogP contribution in [0.1, 0.15) is 44.2 Å². The second kappa shape index (κ2) is 7.20. The molecule has 0 aromatic carbocycles. The molecule has 1 aromatic heterocycles. The Labute approximate surface area is 121 Å². The van der Waals surface area contributed by atoms with Crippen LogP contribution < -0.4 is 5.73 Å². The molecule has 5 heteroatoms. The predicted molar refractivity (Wildman–Crippen MR) is 80.2 cm³/mol. The number of hydrogen-bond acceptors (Lipinski definition) is 4. The zero-order valence-corrected chi connectivity index (χ0v) is 12.7. The summed E-state index contributed by atoms with van der Waals surface area (Å²) < 4.78 is 1.85. The zero-order chi connectivity index (χ0) is 14.5. The van der Waals surface area contributed by atoms with Crippen molar-refractivity contribution in [1.29, 1.82) is 0 Å². The molecule has 1 fully saturated rings. The molecule has 20 heavy (non-hydrogen) atoms. The summed E-state index contributed by atoms with van der Waals surface area (Å²) in [5, 5.41) is 13.5. The van der Waals surface area contributed by atoms with Gasteiger partial charge >= 0.3 is 0 Å². The Morgan fingerprint density at radius 2 is 2.35 bits per heavy atom. The van der Waals surface area contributed by atoms with Crippen molar-refractivity contribution in [3.8, 4) is 0 Å². The molecule has 2 heterocycles. The summed E-state index contributed by atoms with van der Waals surface area (Å²) in [7, 11) is 1.95. The van der Waals surface area contributed by atoms with Crippen molar-refractivity contribution >= 4 is 0 Å². The average molecular weight is 280 g/mol. The molecule has 0 radical (unpaired) electrons. The van der Waals surface area contributed by atoms with Crippen molar-refractivity contribution in [2.75, 3.05) is 19.7 Å². The van der Waals surface area contributed by atoms with Gasteiger partial charge in [0.05, 0.1) is 12.2 Å². The molecule has 1 saturated heterocycles. The molecule has 0 saturated carbocycles. The Kier molecular flexibility index (Phi) is 5.57. The average Bonchev–Trinajstić information content (AvgIpc) is 2.86. The van der Waals surface area contributed by atoms with Gasteiger partial charge in [-0.25, -0.2) is 0 Å². The van der Waals surface area contributed by atoms with Crippen LogP contribution in [-0.4, -0.2) is 45.5 Å². The summed E-state index contributed by atoms with van der Waals surface area (Å²) in [5.41, 5.74) is 7.60. The molecule has 3 unspecified atom stereocenters. The molecule has 5 nitrogen and oxygen atoms in total. The molecular weight excluding hydrogens is 252 g/mol. The number of nitrogens with zero attached hydrogens (tertiary/aromatic N) is 3. The Morgan fingerprint density at radius 3 is 2.95 bits per heavy atom. The van der Waals surface area contributed by atoms with E-state index in [2.05, 4.69) is 23.1 Å². The topological polar surface area (TPSA) is 67.3 Å². The summed E-state index contributed by atoms with van der Waals surface area (Å²) in [4.78, 5) is 2.50. The van der Waals surface area contributed by atoms with Crippen LogP contribution in [0.4, 0.5) is 0 Å². The van der Waals surface area contributed by atoms with E-state index < -0.39 is 0 Å². The second-order valence-corrected chi connectivity index (χ2v) is 5.98. The van der Waals surface area contributed by atoms with Gasteiger partial charge in [0, 0.05) is 38.0 Å². The fourth-order valence-electron chi connectivity index (χ4n) is 3.31. The van der Waals surface area contributed by atoms with Crippen LogP contribution in [0.25, 0.3) is 0 Å². The van der Waals surface area contributed by atoms with Crippen molar-refractivity contribution in [3.63, 3.8) is 0 Å². The summed E-state index contributed by atoms with van der Waals surface area (Å²) in [6, 6.07) is 0.377. The first kappa shape index (κ1) is 15.5. The number of likely N-dealkylation sites (tertiary alicyclic amines) is 1. The van der Waals surface area contributed by atoms with E-state index >= 15 is 0 Å². The predicted octanol–water partition coefficient (Wildman–Crippen LogP) is 1.29. The highest BCUT2D eigenvalue weighted by Crippen LogP contribution is 2.30. The van der Waals surface area contributed by atoms with Crippen LogP contribution in [0.3, 0.4) is 0 Å². The van der Waals surface area contributed by atoms with Gasteiger partial charge in [0.2, 0.25) is 0 Å². The molecule has 0 bridgehead atoms. The molecule has 114 valence electrons. The SMILES string of the molecule is CCC(N)C(c1cnn(C)c1)N1CCCC(CCO)C1. The van der Waals surface area contributed by atoms with Gasteiger partial charge in [-0.15, -0.1) is 0 Å². The van der Waals surface area contributed by atoms with Gasteiger partial charge in [-0.2, -0.15) is 5.10 Å². The van der Waals surface area contributed by atoms with Gasteiger partial charge in [0.1, 0.15) is 0 Å². The molecule has 1 aliphatic rings. The first-order valence-corrected chi connectivity index (χ1v) is 7.74. The van der Waals surface area contributed by atoms with E-state index in [1.807, 2.05) is 17.9 Å². The van der Waals surface area contributed by atoms with Crippen LogP contribution in [0, 0.1) is 5.92 Å². The Hall–Kier alpha value is -0.910. The third-order valence-corrected chi connectivity index (χ3v) is 4.42. The number of piperidine rings is 1. The molecule has 1 aromatic rings. The van der Waals surface area contributed by atoms with E-state index in [1.165, 1.54) is 18.4 Å². The van der Waals surface area contributed by atoms with Crippen molar-refractivity contribution in [2.45, 2.75) is 44.7 Å². The van der Waals surface area contributed by atoms with Crippen molar-refractivity contribution in [3.05, 3.63) is 18.0 Å². The fraction of sp³-hybridized carbons (Fsp3) is 0.800. The first-order valence-electron chi connectivity index (χ1n) is 7.74. The van der Waals surface area contributed by atoms with Gasteiger partial charge < -0.3 is 10.8 Å². The van der Waals surface area contributed by atoms with E-state index in [0.29, 0.717) is 5.92 Å². The minimum atomic E-state index is 0.132. The number of nitrogens with two attached hydrogens (primary N) is 1. The van der Waals surface area contributed by atoms with Crippen LogP contribution in [0.2, 0.25) is 0 Å². The molecule has 2 rings (SSSR count). The van der Waals surface area contributed by atoms with E-state index in [0.717, 1.165) is 25.9 Å². The lowest BCUT2D eigenvalue weighted by Gasteiger charge is -2.40. The van der Waals surface area contributed by atoms with Crippen molar-refractivity contribution in [2.24, 2.45) is 18.7 Å². The van der Waals surface area contributed by atoms with Crippen molar-refractivity contribution in [1.82, 2.24) is 14.7 Å². The van der Waals surface area contributed by atoms with Crippen LogP contribution >= 0.6 is 0 Å². The van der Waals surface area contributed by atoms with Crippen LogP contribution in [0.5, 0.6) is 0 Å². The quantitative estimate of drug-likeness (QED) is 0.824. The Balaban J connectivity index is 2.14. The normalized spacial score (nSPS) is 23.7. The number of aromatic nitrogens is 2. The summed E-state index contributed by atoms with van der Waals surface area (Å²) in [5.74, 6) is 0.594. The highest BCUT2D eigenvalue weighted by Gasteiger charge is 2.30. The maximum absolute atomic E-state index is 9.16. The first-order chi connectivity index (χ1) is 9.65. The van der Waals surface area contributed by atoms with E-state index in [4.69, 9.17) is 10.8 Å². The third kappa shape index (κ3) is 3.59. The minimum Gasteiger partial charge on any atom is -0.396 e. The molecule has 3 N–H and O–H groups in total. The highest BCUT2D eigenvalue weighted by molar-refractivity contribution is 5.14. The van der Waals surface area contributed by atoms with Gasteiger partial charge in [-0.1, -0.05) is 6.92 Å². The molecular formula is C15H28N4O. The molecule has 0 amide bonds. The van der Waals surface area contributed by atoms with Gasteiger partial charge in [0.25, 0.3) is 0 Å². The molecule has 0 aliphatic carbocycles. The lowest BCUT2D eigenvalue weighted by Crippen LogP contribution is -2.45. The maximum atomic E-state index is 9.16. The lowest BCUT2D eigenvalue weighted by molar-refractivity contribution is 0.0930. The molecule has 1 aliphatic heterocycles. The third-order valence-electron chi connectivity index (χ3n) is 4.42.